The van der Waals surface area contributed by atoms with E-state index in [2.05, 4.69) is 4.90 Å². The molecule has 1 saturated heterocycles. The summed E-state index contributed by atoms with van der Waals surface area (Å²) in [7, 11) is 0. The van der Waals surface area contributed by atoms with E-state index in [0.717, 1.165) is 23.6 Å². The van der Waals surface area contributed by atoms with Crippen LogP contribution in [0.3, 0.4) is 0 Å². The molecule has 7 heteroatoms. The standard InChI is InChI=1S/C21H35ClN4.2ClH/c22-20-12-10-19(11-13-20)18-26(21(23)24)17-7-5-3-1-2-4-6-14-25-15-8-9-16-25;;/h10-13H,1-9,14-18H2,(H3,23,24);2*1H. The highest BCUT2D eigenvalue weighted by Crippen LogP contribution is 2.14. The molecule has 1 fully saturated rings. The van der Waals surface area contributed by atoms with E-state index in [1.165, 1.54) is 71.0 Å². The maximum absolute atomic E-state index is 7.78. The second kappa shape index (κ2) is 16.2. The minimum Gasteiger partial charge on any atom is -0.370 e. The molecule has 1 aromatic rings. The molecule has 1 aliphatic rings. The summed E-state index contributed by atoms with van der Waals surface area (Å²) in [6.07, 6.45) is 11.8. The van der Waals surface area contributed by atoms with E-state index in [4.69, 9.17) is 22.7 Å². The Bertz CT molecular complexity index is 519. The first kappa shape index (κ1) is 27.3. The molecule has 0 spiro atoms. The van der Waals surface area contributed by atoms with E-state index >= 15 is 0 Å². The molecule has 0 aromatic heterocycles. The Kier molecular flexibility index (Phi) is 15.8. The third kappa shape index (κ3) is 11.4. The van der Waals surface area contributed by atoms with Crippen LogP contribution in [0.4, 0.5) is 0 Å². The van der Waals surface area contributed by atoms with E-state index < -0.39 is 0 Å². The van der Waals surface area contributed by atoms with Crippen LogP contribution in [0, 0.1) is 5.41 Å². The SMILES string of the molecule is Cl.Cl.N=C(N)N(CCCCCCCCCN1CCCC1)Cc1ccc(Cl)cc1. The lowest BCUT2D eigenvalue weighted by Crippen LogP contribution is -2.36. The van der Waals surface area contributed by atoms with E-state index in [0.29, 0.717) is 6.54 Å². The minimum absolute atomic E-state index is 0. The van der Waals surface area contributed by atoms with Crippen molar-refractivity contribution in [3.63, 3.8) is 0 Å². The lowest BCUT2D eigenvalue weighted by Gasteiger charge is -2.22. The molecule has 0 aliphatic carbocycles. The van der Waals surface area contributed by atoms with E-state index in [1.807, 2.05) is 29.2 Å². The molecule has 0 atom stereocenters. The van der Waals surface area contributed by atoms with Gasteiger partial charge in [-0.25, -0.2) is 0 Å². The fraction of sp³-hybridized carbons (Fsp3) is 0.667. The molecular formula is C21H37Cl3N4. The van der Waals surface area contributed by atoms with E-state index in [1.54, 1.807) is 0 Å². The predicted molar refractivity (Wildman–Crippen MR) is 126 cm³/mol. The van der Waals surface area contributed by atoms with Gasteiger partial charge < -0.3 is 15.5 Å². The number of hydrogen-bond donors (Lipinski definition) is 2. The Morgan fingerprint density at radius 1 is 0.929 bits per heavy atom. The topological polar surface area (TPSA) is 56.4 Å². The largest absolute Gasteiger partial charge is 0.370 e. The van der Waals surface area contributed by atoms with Crippen molar-refractivity contribution in [2.45, 2.75) is 64.3 Å². The van der Waals surface area contributed by atoms with Crippen molar-refractivity contribution >= 4 is 42.4 Å². The van der Waals surface area contributed by atoms with Crippen molar-refractivity contribution < 1.29 is 0 Å². The molecule has 0 bridgehead atoms. The highest BCUT2D eigenvalue weighted by molar-refractivity contribution is 6.30. The second-order valence-corrected chi connectivity index (χ2v) is 7.89. The third-order valence-electron chi connectivity index (χ3n) is 5.23. The van der Waals surface area contributed by atoms with Gasteiger partial charge in [0.15, 0.2) is 5.96 Å². The predicted octanol–water partition coefficient (Wildman–Crippen LogP) is 5.71. The van der Waals surface area contributed by atoms with Gasteiger partial charge in [0.2, 0.25) is 0 Å². The number of likely N-dealkylation sites (tertiary alicyclic amines) is 1. The monoisotopic (exact) mass is 450 g/mol. The van der Waals surface area contributed by atoms with E-state index in [-0.39, 0.29) is 30.8 Å². The van der Waals surface area contributed by atoms with Crippen LogP contribution >= 0.6 is 36.4 Å². The molecule has 0 radical (unpaired) electrons. The van der Waals surface area contributed by atoms with Crippen LogP contribution in [-0.4, -0.2) is 41.9 Å². The summed E-state index contributed by atoms with van der Waals surface area (Å²) in [5.41, 5.74) is 6.88. The first-order chi connectivity index (χ1) is 12.6. The average Bonchev–Trinajstić information content (AvgIpc) is 3.14. The number of halogens is 3. The molecule has 3 N–H and O–H groups in total. The molecule has 1 aromatic carbocycles. The maximum atomic E-state index is 7.78. The molecule has 2 rings (SSSR count). The van der Waals surface area contributed by atoms with Gasteiger partial charge in [0.1, 0.15) is 0 Å². The average molecular weight is 452 g/mol. The van der Waals surface area contributed by atoms with Crippen LogP contribution in [0.25, 0.3) is 0 Å². The molecule has 0 unspecified atom stereocenters. The summed E-state index contributed by atoms with van der Waals surface area (Å²) in [4.78, 5) is 4.55. The Hall–Kier alpha value is -0.680. The summed E-state index contributed by atoms with van der Waals surface area (Å²) in [6.45, 7) is 5.49. The maximum Gasteiger partial charge on any atom is 0.188 e. The summed E-state index contributed by atoms with van der Waals surface area (Å²) in [6, 6.07) is 7.78. The quantitative estimate of drug-likeness (QED) is 0.243. The zero-order valence-corrected chi connectivity index (χ0v) is 19.3. The molecule has 1 heterocycles. The smallest absolute Gasteiger partial charge is 0.188 e. The number of guanidine groups is 1. The van der Waals surface area contributed by atoms with Gasteiger partial charge in [-0.05, 0) is 63.0 Å². The molecule has 162 valence electrons. The minimum atomic E-state index is 0. The highest BCUT2D eigenvalue weighted by atomic mass is 35.5. The Morgan fingerprint density at radius 3 is 2.04 bits per heavy atom. The molecule has 1 aliphatic heterocycles. The zero-order valence-electron chi connectivity index (χ0n) is 16.9. The summed E-state index contributed by atoms with van der Waals surface area (Å²) >= 11 is 5.92. The molecule has 0 saturated carbocycles. The van der Waals surface area contributed by atoms with Crippen molar-refractivity contribution in [3.8, 4) is 0 Å². The summed E-state index contributed by atoms with van der Waals surface area (Å²) in [5.74, 6) is 0.155. The normalized spacial score (nSPS) is 13.6. The van der Waals surface area contributed by atoms with Crippen molar-refractivity contribution in [2.75, 3.05) is 26.2 Å². The van der Waals surface area contributed by atoms with Gasteiger partial charge in [-0.1, -0.05) is 55.8 Å². The second-order valence-electron chi connectivity index (χ2n) is 7.46. The van der Waals surface area contributed by atoms with Crippen LogP contribution in [-0.2, 0) is 6.54 Å². The third-order valence-corrected chi connectivity index (χ3v) is 5.48. The molecule has 4 nitrogen and oxygen atoms in total. The van der Waals surface area contributed by atoms with Crippen molar-refractivity contribution in [2.24, 2.45) is 5.73 Å². The fourth-order valence-electron chi connectivity index (χ4n) is 3.62. The van der Waals surface area contributed by atoms with Crippen LogP contribution < -0.4 is 5.73 Å². The number of unbranched alkanes of at least 4 members (excludes halogenated alkanes) is 6. The number of nitrogens with one attached hydrogen (secondary N) is 1. The van der Waals surface area contributed by atoms with Crippen molar-refractivity contribution in [3.05, 3.63) is 34.9 Å². The van der Waals surface area contributed by atoms with Gasteiger partial charge >= 0.3 is 0 Å². The van der Waals surface area contributed by atoms with Crippen LogP contribution in [0.15, 0.2) is 24.3 Å². The van der Waals surface area contributed by atoms with Gasteiger partial charge in [-0.15, -0.1) is 24.8 Å². The molecular weight excluding hydrogens is 415 g/mol. The van der Waals surface area contributed by atoms with Gasteiger partial charge in [0.25, 0.3) is 0 Å². The Labute approximate surface area is 188 Å². The zero-order chi connectivity index (χ0) is 18.6. The lowest BCUT2D eigenvalue weighted by molar-refractivity contribution is 0.327. The number of rotatable bonds is 12. The first-order valence-corrected chi connectivity index (χ1v) is 10.6. The van der Waals surface area contributed by atoms with Crippen LogP contribution in [0.1, 0.15) is 63.4 Å². The molecule has 0 amide bonds. The first-order valence-electron chi connectivity index (χ1n) is 10.2. The Morgan fingerprint density at radius 2 is 1.46 bits per heavy atom. The number of nitrogens with two attached hydrogens (primary N) is 1. The lowest BCUT2D eigenvalue weighted by atomic mass is 10.1. The van der Waals surface area contributed by atoms with Crippen LogP contribution in [0.5, 0.6) is 0 Å². The number of hydrogen-bond acceptors (Lipinski definition) is 2. The van der Waals surface area contributed by atoms with Crippen molar-refractivity contribution in [1.29, 1.82) is 5.41 Å². The fourth-order valence-corrected chi connectivity index (χ4v) is 3.75. The number of benzene rings is 1. The van der Waals surface area contributed by atoms with Gasteiger partial charge in [-0.3, -0.25) is 5.41 Å². The number of nitrogens with zero attached hydrogens (tertiary/aromatic N) is 2. The Balaban J connectivity index is 0.00000364. The van der Waals surface area contributed by atoms with Gasteiger partial charge in [-0.2, -0.15) is 0 Å². The van der Waals surface area contributed by atoms with Crippen LogP contribution in [0.2, 0.25) is 5.02 Å². The van der Waals surface area contributed by atoms with Gasteiger partial charge in [0, 0.05) is 18.1 Å². The van der Waals surface area contributed by atoms with E-state index in [9.17, 15) is 0 Å². The highest BCUT2D eigenvalue weighted by Gasteiger charge is 2.10. The summed E-state index contributed by atoms with van der Waals surface area (Å²) < 4.78 is 0. The molecule has 28 heavy (non-hydrogen) atoms. The van der Waals surface area contributed by atoms with Crippen molar-refractivity contribution in [1.82, 2.24) is 9.80 Å². The van der Waals surface area contributed by atoms with Gasteiger partial charge in [0.05, 0.1) is 0 Å². The summed E-state index contributed by atoms with van der Waals surface area (Å²) in [5, 5.41) is 8.52.